The van der Waals surface area contributed by atoms with Crippen molar-refractivity contribution >= 4 is 0 Å². The van der Waals surface area contributed by atoms with E-state index >= 15 is 0 Å². The SMILES string of the molecule is CCNCC1CCN(C(C)c2ccc(F)cc2O)CC1. The number of benzene rings is 1. The molecule has 0 aliphatic carbocycles. The lowest BCUT2D eigenvalue weighted by Crippen LogP contribution is -2.38. The maximum Gasteiger partial charge on any atom is 0.126 e. The summed E-state index contributed by atoms with van der Waals surface area (Å²) in [5, 5.41) is 13.3. The normalized spacial score (nSPS) is 19.1. The molecule has 1 heterocycles. The second-order valence-corrected chi connectivity index (χ2v) is 5.67. The molecular weight excluding hydrogens is 255 g/mol. The Labute approximate surface area is 120 Å². The summed E-state index contributed by atoms with van der Waals surface area (Å²) in [6.07, 6.45) is 2.36. The van der Waals surface area contributed by atoms with Gasteiger partial charge in [0.2, 0.25) is 0 Å². The Morgan fingerprint density at radius 1 is 1.40 bits per heavy atom. The summed E-state index contributed by atoms with van der Waals surface area (Å²) in [5.41, 5.74) is 0.816. The molecule has 1 aliphatic heterocycles. The maximum absolute atomic E-state index is 13.0. The average molecular weight is 280 g/mol. The monoisotopic (exact) mass is 280 g/mol. The number of hydrogen-bond acceptors (Lipinski definition) is 3. The van der Waals surface area contributed by atoms with Gasteiger partial charge in [0, 0.05) is 17.7 Å². The number of nitrogens with one attached hydrogen (secondary N) is 1. The van der Waals surface area contributed by atoms with Crippen LogP contribution in [-0.4, -0.2) is 36.2 Å². The van der Waals surface area contributed by atoms with E-state index in [0.717, 1.165) is 37.7 Å². The standard InChI is InChI=1S/C16H25FN2O/c1-3-18-11-13-6-8-19(9-7-13)12(2)15-5-4-14(17)10-16(15)20/h4-5,10,12-13,18,20H,3,6-9,11H2,1-2H3. The van der Waals surface area contributed by atoms with Crippen molar-refractivity contribution in [2.45, 2.75) is 32.7 Å². The van der Waals surface area contributed by atoms with E-state index in [1.807, 2.05) is 0 Å². The molecule has 1 fully saturated rings. The Balaban J connectivity index is 1.92. The lowest BCUT2D eigenvalue weighted by molar-refractivity contribution is 0.138. The lowest BCUT2D eigenvalue weighted by Gasteiger charge is -2.36. The van der Waals surface area contributed by atoms with Crippen molar-refractivity contribution in [3.8, 4) is 5.75 Å². The van der Waals surface area contributed by atoms with E-state index in [0.29, 0.717) is 0 Å². The van der Waals surface area contributed by atoms with Gasteiger partial charge in [-0.15, -0.1) is 0 Å². The molecule has 1 atom stereocenters. The fourth-order valence-electron chi connectivity index (χ4n) is 2.96. The number of halogens is 1. The predicted molar refractivity (Wildman–Crippen MR) is 79.3 cm³/mol. The van der Waals surface area contributed by atoms with Crippen molar-refractivity contribution in [1.82, 2.24) is 10.2 Å². The van der Waals surface area contributed by atoms with Crippen molar-refractivity contribution in [3.63, 3.8) is 0 Å². The Hall–Kier alpha value is -1.13. The first-order valence-corrected chi connectivity index (χ1v) is 7.55. The molecule has 1 saturated heterocycles. The van der Waals surface area contributed by atoms with Crippen molar-refractivity contribution in [1.29, 1.82) is 0 Å². The summed E-state index contributed by atoms with van der Waals surface area (Å²) in [6, 6.07) is 4.45. The van der Waals surface area contributed by atoms with Crippen molar-refractivity contribution in [2.75, 3.05) is 26.2 Å². The Morgan fingerprint density at radius 2 is 2.10 bits per heavy atom. The first-order chi connectivity index (χ1) is 9.61. The van der Waals surface area contributed by atoms with Crippen LogP contribution in [0, 0.1) is 11.7 Å². The zero-order valence-electron chi connectivity index (χ0n) is 12.4. The van der Waals surface area contributed by atoms with E-state index in [9.17, 15) is 9.50 Å². The van der Waals surface area contributed by atoms with Gasteiger partial charge in [-0.2, -0.15) is 0 Å². The fraction of sp³-hybridized carbons (Fsp3) is 0.625. The van der Waals surface area contributed by atoms with Gasteiger partial charge in [-0.3, -0.25) is 4.90 Å². The number of rotatable bonds is 5. The van der Waals surface area contributed by atoms with Gasteiger partial charge in [0.25, 0.3) is 0 Å². The molecule has 20 heavy (non-hydrogen) atoms. The lowest BCUT2D eigenvalue weighted by atomic mass is 9.94. The zero-order chi connectivity index (χ0) is 14.5. The number of nitrogens with zero attached hydrogens (tertiary/aromatic N) is 1. The van der Waals surface area contributed by atoms with Crippen molar-refractivity contribution in [3.05, 3.63) is 29.6 Å². The summed E-state index contributed by atoms with van der Waals surface area (Å²) in [4.78, 5) is 2.37. The Bertz CT molecular complexity index is 430. The van der Waals surface area contributed by atoms with Crippen LogP contribution in [0.4, 0.5) is 4.39 Å². The number of hydrogen-bond donors (Lipinski definition) is 2. The number of likely N-dealkylation sites (tertiary alicyclic amines) is 1. The van der Waals surface area contributed by atoms with Crippen LogP contribution in [0.3, 0.4) is 0 Å². The van der Waals surface area contributed by atoms with Crippen molar-refractivity contribution < 1.29 is 9.50 Å². The topological polar surface area (TPSA) is 35.5 Å². The first-order valence-electron chi connectivity index (χ1n) is 7.55. The summed E-state index contributed by atoms with van der Waals surface area (Å²) in [7, 11) is 0. The molecule has 3 nitrogen and oxygen atoms in total. The van der Waals surface area contributed by atoms with Crippen LogP contribution in [-0.2, 0) is 0 Å². The molecule has 2 rings (SSSR count). The minimum Gasteiger partial charge on any atom is -0.508 e. The Kier molecular flexibility index (Phi) is 5.38. The Morgan fingerprint density at radius 3 is 2.70 bits per heavy atom. The molecule has 0 spiro atoms. The predicted octanol–water partition coefficient (Wildman–Crippen LogP) is 2.91. The summed E-state index contributed by atoms with van der Waals surface area (Å²) in [6.45, 7) is 8.41. The van der Waals surface area contributed by atoms with E-state index in [1.54, 1.807) is 6.07 Å². The molecule has 0 aromatic heterocycles. The van der Waals surface area contributed by atoms with E-state index < -0.39 is 0 Å². The third kappa shape index (κ3) is 3.70. The molecule has 2 N–H and O–H groups in total. The molecule has 0 radical (unpaired) electrons. The van der Waals surface area contributed by atoms with E-state index in [-0.39, 0.29) is 17.6 Å². The van der Waals surface area contributed by atoms with Gasteiger partial charge >= 0.3 is 0 Å². The largest absolute Gasteiger partial charge is 0.508 e. The van der Waals surface area contributed by atoms with Gasteiger partial charge in [0.15, 0.2) is 0 Å². The maximum atomic E-state index is 13.0. The number of aromatic hydroxyl groups is 1. The minimum atomic E-state index is -0.386. The van der Waals surface area contributed by atoms with Gasteiger partial charge in [-0.05, 0) is 57.9 Å². The quantitative estimate of drug-likeness (QED) is 0.870. The van der Waals surface area contributed by atoms with Crippen LogP contribution < -0.4 is 5.32 Å². The highest BCUT2D eigenvalue weighted by atomic mass is 19.1. The molecule has 0 saturated carbocycles. The van der Waals surface area contributed by atoms with E-state index in [2.05, 4.69) is 24.1 Å². The zero-order valence-corrected chi connectivity index (χ0v) is 12.4. The molecule has 1 aromatic rings. The first kappa shape index (κ1) is 15.3. The summed E-state index contributed by atoms with van der Waals surface area (Å²) in [5.74, 6) is 0.426. The third-order valence-electron chi connectivity index (χ3n) is 4.32. The van der Waals surface area contributed by atoms with Gasteiger partial charge < -0.3 is 10.4 Å². The van der Waals surface area contributed by atoms with E-state index in [4.69, 9.17) is 0 Å². The van der Waals surface area contributed by atoms with Crippen LogP contribution in [0.25, 0.3) is 0 Å². The molecule has 1 aliphatic rings. The van der Waals surface area contributed by atoms with Crippen molar-refractivity contribution in [2.24, 2.45) is 5.92 Å². The number of phenolic OH excluding ortho intramolecular Hbond substituents is 1. The van der Waals surface area contributed by atoms with Crippen LogP contribution in [0.2, 0.25) is 0 Å². The van der Waals surface area contributed by atoms with Gasteiger partial charge in [0.1, 0.15) is 11.6 Å². The molecule has 4 heteroatoms. The highest BCUT2D eigenvalue weighted by Crippen LogP contribution is 2.31. The summed E-state index contributed by atoms with van der Waals surface area (Å²) < 4.78 is 13.0. The highest BCUT2D eigenvalue weighted by molar-refractivity contribution is 5.35. The second-order valence-electron chi connectivity index (χ2n) is 5.67. The van der Waals surface area contributed by atoms with Gasteiger partial charge in [0.05, 0.1) is 0 Å². The molecule has 0 amide bonds. The van der Waals surface area contributed by atoms with Crippen LogP contribution >= 0.6 is 0 Å². The molecular formula is C16H25FN2O. The number of phenols is 1. The number of piperidine rings is 1. The third-order valence-corrected chi connectivity index (χ3v) is 4.32. The van der Waals surface area contributed by atoms with Gasteiger partial charge in [-0.1, -0.05) is 13.0 Å². The highest BCUT2D eigenvalue weighted by Gasteiger charge is 2.24. The minimum absolute atomic E-state index is 0.0623. The average Bonchev–Trinajstić information content (AvgIpc) is 2.45. The van der Waals surface area contributed by atoms with Crippen LogP contribution in [0.1, 0.15) is 38.3 Å². The molecule has 0 bridgehead atoms. The molecule has 1 unspecified atom stereocenters. The fourth-order valence-corrected chi connectivity index (χ4v) is 2.96. The smallest absolute Gasteiger partial charge is 0.126 e. The van der Waals surface area contributed by atoms with Crippen LogP contribution in [0.15, 0.2) is 18.2 Å². The second kappa shape index (κ2) is 7.04. The van der Waals surface area contributed by atoms with E-state index in [1.165, 1.54) is 25.0 Å². The summed E-state index contributed by atoms with van der Waals surface area (Å²) >= 11 is 0. The van der Waals surface area contributed by atoms with Gasteiger partial charge in [-0.25, -0.2) is 4.39 Å². The molecule has 1 aromatic carbocycles. The molecule has 112 valence electrons. The van der Waals surface area contributed by atoms with Crippen LogP contribution in [0.5, 0.6) is 5.75 Å².